The highest BCUT2D eigenvalue weighted by Gasteiger charge is 2.42. The molecule has 0 radical (unpaired) electrons. The van der Waals surface area contributed by atoms with Crippen LogP contribution in [0.25, 0.3) is 0 Å². The SMILES string of the molecule is NC(=O)Nc1ccc(NC(=O)C2(c3ccc(Br)cc3)CCCC2)cc1. The predicted octanol–water partition coefficient (Wildman–Crippen LogP) is 4.39. The maximum absolute atomic E-state index is 13.1. The van der Waals surface area contributed by atoms with Crippen molar-refractivity contribution < 1.29 is 9.59 Å². The van der Waals surface area contributed by atoms with Gasteiger partial charge in [0.25, 0.3) is 0 Å². The lowest BCUT2D eigenvalue weighted by molar-refractivity contribution is -0.121. The Morgan fingerprint density at radius 1 is 0.880 bits per heavy atom. The van der Waals surface area contributed by atoms with Gasteiger partial charge in [-0.1, -0.05) is 40.9 Å². The molecule has 1 aliphatic rings. The molecule has 0 saturated heterocycles. The van der Waals surface area contributed by atoms with Crippen LogP contribution in [-0.4, -0.2) is 11.9 Å². The average molecular weight is 402 g/mol. The van der Waals surface area contributed by atoms with Gasteiger partial charge in [0.2, 0.25) is 5.91 Å². The predicted molar refractivity (Wildman–Crippen MR) is 103 cm³/mol. The molecule has 0 heterocycles. The van der Waals surface area contributed by atoms with Crippen LogP contribution >= 0.6 is 15.9 Å². The van der Waals surface area contributed by atoms with E-state index in [2.05, 4.69) is 26.6 Å². The molecule has 0 aromatic heterocycles. The molecule has 0 bridgehead atoms. The molecule has 6 heteroatoms. The summed E-state index contributed by atoms with van der Waals surface area (Å²) in [4.78, 5) is 23.9. The van der Waals surface area contributed by atoms with Crippen molar-refractivity contribution in [2.24, 2.45) is 5.73 Å². The lowest BCUT2D eigenvalue weighted by atomic mass is 9.78. The number of primary amides is 1. The second-order valence-electron chi connectivity index (χ2n) is 6.32. The van der Waals surface area contributed by atoms with E-state index in [0.717, 1.165) is 35.7 Å². The van der Waals surface area contributed by atoms with Crippen LogP contribution in [0, 0.1) is 0 Å². The van der Waals surface area contributed by atoms with E-state index in [4.69, 9.17) is 5.73 Å². The molecule has 3 amide bonds. The molecule has 5 nitrogen and oxygen atoms in total. The Morgan fingerprint density at radius 3 is 1.92 bits per heavy atom. The molecule has 0 unspecified atom stereocenters. The molecule has 4 N–H and O–H groups in total. The molecule has 130 valence electrons. The molecule has 0 spiro atoms. The van der Waals surface area contributed by atoms with Gasteiger partial charge in [0.05, 0.1) is 5.41 Å². The summed E-state index contributed by atoms with van der Waals surface area (Å²) < 4.78 is 1.00. The third kappa shape index (κ3) is 3.85. The van der Waals surface area contributed by atoms with Crippen LogP contribution in [-0.2, 0) is 10.2 Å². The summed E-state index contributed by atoms with van der Waals surface area (Å²) >= 11 is 3.45. The fourth-order valence-corrected chi connectivity index (χ4v) is 3.69. The topological polar surface area (TPSA) is 84.2 Å². The van der Waals surface area contributed by atoms with Gasteiger partial charge in [-0.05, 0) is 54.8 Å². The van der Waals surface area contributed by atoms with Gasteiger partial charge in [0, 0.05) is 15.8 Å². The highest BCUT2D eigenvalue weighted by molar-refractivity contribution is 9.10. The van der Waals surface area contributed by atoms with E-state index in [1.54, 1.807) is 24.3 Å². The third-order valence-corrected chi connectivity index (χ3v) is 5.23. The minimum absolute atomic E-state index is 0.0166. The minimum Gasteiger partial charge on any atom is -0.351 e. The highest BCUT2D eigenvalue weighted by atomic mass is 79.9. The van der Waals surface area contributed by atoms with Crippen LogP contribution in [0.2, 0.25) is 0 Å². The molecule has 1 fully saturated rings. The fraction of sp³-hybridized carbons (Fsp3) is 0.263. The lowest BCUT2D eigenvalue weighted by Crippen LogP contribution is -2.37. The summed E-state index contributed by atoms with van der Waals surface area (Å²) in [6.07, 6.45) is 3.79. The van der Waals surface area contributed by atoms with E-state index < -0.39 is 11.4 Å². The molecule has 2 aromatic rings. The molecular formula is C19H20BrN3O2. The second-order valence-corrected chi connectivity index (χ2v) is 7.23. The first-order valence-electron chi connectivity index (χ1n) is 8.24. The summed E-state index contributed by atoms with van der Waals surface area (Å²) in [6.45, 7) is 0. The molecule has 25 heavy (non-hydrogen) atoms. The first-order valence-corrected chi connectivity index (χ1v) is 9.03. The summed E-state index contributed by atoms with van der Waals surface area (Å²) in [5.41, 5.74) is 6.96. The van der Waals surface area contributed by atoms with E-state index in [0.29, 0.717) is 11.4 Å². The maximum Gasteiger partial charge on any atom is 0.316 e. The van der Waals surface area contributed by atoms with Crippen LogP contribution in [0.1, 0.15) is 31.2 Å². The Kier molecular flexibility index (Phi) is 5.08. The minimum atomic E-state index is -0.614. The summed E-state index contributed by atoms with van der Waals surface area (Å²) in [7, 11) is 0. The molecule has 0 atom stereocenters. The van der Waals surface area contributed by atoms with Crippen molar-refractivity contribution in [3.05, 3.63) is 58.6 Å². The van der Waals surface area contributed by atoms with E-state index in [1.807, 2.05) is 24.3 Å². The Morgan fingerprint density at radius 2 is 1.40 bits per heavy atom. The first-order chi connectivity index (χ1) is 12.0. The number of nitrogens with two attached hydrogens (primary N) is 1. The molecular weight excluding hydrogens is 382 g/mol. The van der Waals surface area contributed by atoms with Crippen LogP contribution in [0.3, 0.4) is 0 Å². The Bertz CT molecular complexity index is 766. The summed E-state index contributed by atoms with van der Waals surface area (Å²) in [5.74, 6) is 0.0166. The van der Waals surface area contributed by atoms with Gasteiger partial charge in [-0.3, -0.25) is 4.79 Å². The fourth-order valence-electron chi connectivity index (χ4n) is 3.42. The summed E-state index contributed by atoms with van der Waals surface area (Å²) in [6, 6.07) is 14.3. The molecule has 2 aromatic carbocycles. The van der Waals surface area contributed by atoms with Gasteiger partial charge >= 0.3 is 6.03 Å². The Hall–Kier alpha value is -2.34. The van der Waals surface area contributed by atoms with Gasteiger partial charge in [0.15, 0.2) is 0 Å². The smallest absolute Gasteiger partial charge is 0.316 e. The Labute approximate surface area is 155 Å². The number of urea groups is 1. The van der Waals surface area contributed by atoms with Gasteiger partial charge in [-0.2, -0.15) is 0 Å². The third-order valence-electron chi connectivity index (χ3n) is 4.70. The number of rotatable bonds is 4. The molecule has 0 aliphatic heterocycles. The van der Waals surface area contributed by atoms with Crippen molar-refractivity contribution in [1.29, 1.82) is 0 Å². The van der Waals surface area contributed by atoms with E-state index in [-0.39, 0.29) is 5.91 Å². The van der Waals surface area contributed by atoms with Crippen molar-refractivity contribution in [3.8, 4) is 0 Å². The van der Waals surface area contributed by atoms with E-state index in [9.17, 15) is 9.59 Å². The molecule has 1 saturated carbocycles. The molecule has 1 aliphatic carbocycles. The van der Waals surface area contributed by atoms with Gasteiger partial charge in [0.1, 0.15) is 0 Å². The quantitative estimate of drug-likeness (QED) is 0.709. The van der Waals surface area contributed by atoms with Gasteiger partial charge < -0.3 is 16.4 Å². The van der Waals surface area contributed by atoms with Crippen molar-refractivity contribution in [2.45, 2.75) is 31.1 Å². The average Bonchev–Trinajstić information content (AvgIpc) is 3.08. The van der Waals surface area contributed by atoms with E-state index in [1.165, 1.54) is 0 Å². The van der Waals surface area contributed by atoms with Gasteiger partial charge in [-0.25, -0.2) is 4.79 Å². The normalized spacial score (nSPS) is 15.6. The second kappa shape index (κ2) is 7.27. The van der Waals surface area contributed by atoms with Gasteiger partial charge in [-0.15, -0.1) is 0 Å². The van der Waals surface area contributed by atoms with Crippen molar-refractivity contribution in [3.63, 3.8) is 0 Å². The monoisotopic (exact) mass is 401 g/mol. The number of nitrogens with one attached hydrogen (secondary N) is 2. The zero-order chi connectivity index (χ0) is 17.9. The number of hydrogen-bond donors (Lipinski definition) is 3. The van der Waals surface area contributed by atoms with Crippen LogP contribution in [0.4, 0.5) is 16.2 Å². The highest BCUT2D eigenvalue weighted by Crippen LogP contribution is 2.42. The maximum atomic E-state index is 13.1. The van der Waals surface area contributed by atoms with Crippen LogP contribution in [0.5, 0.6) is 0 Å². The number of benzene rings is 2. The number of hydrogen-bond acceptors (Lipinski definition) is 2. The summed E-state index contributed by atoms with van der Waals surface area (Å²) in [5, 5.41) is 5.52. The number of amides is 3. The number of carbonyl (C=O) groups excluding carboxylic acids is 2. The molecule has 3 rings (SSSR count). The van der Waals surface area contributed by atoms with Crippen molar-refractivity contribution in [2.75, 3.05) is 10.6 Å². The Balaban J connectivity index is 1.79. The zero-order valence-corrected chi connectivity index (χ0v) is 15.3. The lowest BCUT2D eigenvalue weighted by Gasteiger charge is -2.28. The zero-order valence-electron chi connectivity index (χ0n) is 13.7. The standard InChI is InChI=1S/C19H20BrN3O2/c20-14-5-3-13(4-6-14)19(11-1-2-12-19)17(24)22-15-7-9-16(10-8-15)23-18(21)25/h3-10H,1-2,11-12H2,(H,22,24)(H3,21,23,25). The van der Waals surface area contributed by atoms with Crippen LogP contribution < -0.4 is 16.4 Å². The van der Waals surface area contributed by atoms with Crippen molar-refractivity contribution >= 4 is 39.2 Å². The number of halogens is 1. The number of anilines is 2. The number of carbonyl (C=O) groups is 2. The first kappa shape index (κ1) is 17.5. The van der Waals surface area contributed by atoms with Crippen molar-refractivity contribution in [1.82, 2.24) is 0 Å². The van der Waals surface area contributed by atoms with Crippen LogP contribution in [0.15, 0.2) is 53.0 Å². The largest absolute Gasteiger partial charge is 0.351 e. The van der Waals surface area contributed by atoms with E-state index >= 15 is 0 Å².